The van der Waals surface area contributed by atoms with E-state index in [2.05, 4.69) is 138 Å². The van der Waals surface area contributed by atoms with Crippen LogP contribution in [0.4, 0.5) is 0 Å². The predicted molar refractivity (Wildman–Crippen MR) is 157 cm³/mol. The molecule has 178 valence electrons. The zero-order valence-electron chi connectivity index (χ0n) is 21.0. The first kappa shape index (κ1) is 22.0. The van der Waals surface area contributed by atoms with Crippen molar-refractivity contribution in [3.05, 3.63) is 126 Å². The molecule has 0 amide bonds. The van der Waals surface area contributed by atoms with Gasteiger partial charge in [0.1, 0.15) is 6.54 Å². The number of imidazole rings is 1. The quantitative estimate of drug-likeness (QED) is 0.216. The Balaban J connectivity index is 1.45. The van der Waals surface area contributed by atoms with Crippen LogP contribution in [0.25, 0.3) is 53.7 Å². The molecule has 0 aliphatic carbocycles. The van der Waals surface area contributed by atoms with Crippen LogP contribution in [0.2, 0.25) is 0 Å². The third kappa shape index (κ3) is 3.66. The lowest BCUT2D eigenvalue weighted by molar-refractivity contribution is -0.634. The normalized spacial score (nSPS) is 11.6. The van der Waals surface area contributed by atoms with E-state index >= 15 is 0 Å². The second-order valence-corrected chi connectivity index (χ2v) is 10.9. The molecule has 2 aromatic heterocycles. The summed E-state index contributed by atoms with van der Waals surface area (Å²) >= 11 is 1.89. The van der Waals surface area contributed by atoms with Gasteiger partial charge in [-0.25, -0.2) is 9.13 Å². The van der Waals surface area contributed by atoms with E-state index < -0.39 is 0 Å². The maximum atomic E-state index is 2.47. The molecule has 0 N–H and O–H groups in total. The summed E-state index contributed by atoms with van der Waals surface area (Å²) in [6.45, 7) is 3.08. The van der Waals surface area contributed by atoms with Crippen molar-refractivity contribution in [1.82, 2.24) is 4.57 Å². The van der Waals surface area contributed by atoms with E-state index in [0.29, 0.717) is 0 Å². The molecule has 0 aliphatic heterocycles. The largest absolute Gasteiger partial charge is 0.290 e. The minimum Gasteiger partial charge on any atom is -0.226 e. The summed E-state index contributed by atoms with van der Waals surface area (Å²) in [5.41, 5.74) is 8.92. The first-order valence-electron chi connectivity index (χ1n) is 12.7. The molecule has 0 fully saturated rings. The van der Waals surface area contributed by atoms with Gasteiger partial charge >= 0.3 is 0 Å². The van der Waals surface area contributed by atoms with Gasteiger partial charge in [0, 0.05) is 20.2 Å². The minimum atomic E-state index is 0.833. The van der Waals surface area contributed by atoms with Gasteiger partial charge in [-0.1, -0.05) is 84.9 Å². The average molecular weight is 496 g/mol. The second-order valence-electron chi connectivity index (χ2n) is 9.79. The molecule has 0 atom stereocenters. The van der Waals surface area contributed by atoms with Crippen LogP contribution in [0, 0.1) is 6.92 Å². The lowest BCUT2D eigenvalue weighted by atomic mass is 10.0. The zero-order valence-corrected chi connectivity index (χ0v) is 21.8. The molecule has 0 radical (unpaired) electrons. The van der Waals surface area contributed by atoms with Crippen molar-refractivity contribution in [2.24, 2.45) is 7.05 Å². The van der Waals surface area contributed by atoms with Gasteiger partial charge < -0.3 is 0 Å². The highest BCUT2D eigenvalue weighted by Gasteiger charge is 2.26. The summed E-state index contributed by atoms with van der Waals surface area (Å²) in [4.78, 5) is 0. The van der Waals surface area contributed by atoms with Crippen LogP contribution >= 0.6 is 11.3 Å². The maximum Gasteiger partial charge on any atom is 0.290 e. The van der Waals surface area contributed by atoms with Gasteiger partial charge in [0.05, 0.1) is 12.6 Å². The van der Waals surface area contributed by atoms with E-state index in [-0.39, 0.29) is 0 Å². The van der Waals surface area contributed by atoms with Crippen molar-refractivity contribution in [2.75, 3.05) is 0 Å². The number of aryl methyl sites for hydroxylation is 2. The van der Waals surface area contributed by atoms with Gasteiger partial charge in [0.15, 0.2) is 11.0 Å². The van der Waals surface area contributed by atoms with Crippen LogP contribution in [-0.2, 0) is 13.6 Å². The summed E-state index contributed by atoms with van der Waals surface area (Å²) in [7, 11) is 2.20. The van der Waals surface area contributed by atoms with E-state index in [1.807, 2.05) is 11.3 Å². The van der Waals surface area contributed by atoms with Crippen molar-refractivity contribution in [2.45, 2.75) is 13.5 Å². The molecule has 37 heavy (non-hydrogen) atoms. The Labute approximate surface area is 220 Å². The molecule has 0 saturated carbocycles. The van der Waals surface area contributed by atoms with Crippen molar-refractivity contribution in [1.29, 1.82) is 0 Å². The predicted octanol–water partition coefficient (Wildman–Crippen LogP) is 8.52. The Morgan fingerprint density at radius 2 is 1.38 bits per heavy atom. The molecule has 3 heteroatoms. The second kappa shape index (κ2) is 8.72. The Bertz CT molecular complexity index is 1910. The SMILES string of the molecule is Cc1cc2sc3cc(-c4ccccc4)ccc3c2cc1-c1n(Cc2ccccc2)c2ccccc2[n+]1C. The summed E-state index contributed by atoms with van der Waals surface area (Å²) in [5.74, 6) is 1.24. The number of hydrogen-bond donors (Lipinski definition) is 0. The van der Waals surface area contributed by atoms with Crippen molar-refractivity contribution in [3.8, 4) is 22.5 Å². The fourth-order valence-electron chi connectivity index (χ4n) is 5.61. The maximum absolute atomic E-state index is 2.47. The van der Waals surface area contributed by atoms with E-state index in [1.165, 1.54) is 64.8 Å². The summed E-state index contributed by atoms with van der Waals surface area (Å²) < 4.78 is 7.51. The average Bonchev–Trinajstić information content (AvgIpc) is 3.43. The van der Waals surface area contributed by atoms with Crippen LogP contribution in [0.3, 0.4) is 0 Å². The van der Waals surface area contributed by atoms with E-state index in [9.17, 15) is 0 Å². The molecule has 0 unspecified atom stereocenters. The van der Waals surface area contributed by atoms with E-state index in [0.717, 1.165) is 6.54 Å². The van der Waals surface area contributed by atoms with Gasteiger partial charge in [-0.3, -0.25) is 0 Å². The van der Waals surface area contributed by atoms with Crippen molar-refractivity contribution < 1.29 is 4.57 Å². The Morgan fingerprint density at radius 1 is 0.676 bits per heavy atom. The molecule has 0 bridgehead atoms. The van der Waals surface area contributed by atoms with Crippen LogP contribution < -0.4 is 4.57 Å². The minimum absolute atomic E-state index is 0.833. The van der Waals surface area contributed by atoms with Crippen molar-refractivity contribution in [3.63, 3.8) is 0 Å². The third-order valence-electron chi connectivity index (χ3n) is 7.46. The molecule has 0 aliphatic rings. The van der Waals surface area contributed by atoms with E-state index in [1.54, 1.807) is 0 Å². The molecule has 0 spiro atoms. The lowest BCUT2D eigenvalue weighted by Crippen LogP contribution is -2.30. The molecule has 0 saturated heterocycles. The molecular weight excluding hydrogens is 468 g/mol. The highest BCUT2D eigenvalue weighted by molar-refractivity contribution is 7.25. The number of benzene rings is 5. The Kier molecular flexibility index (Phi) is 5.19. The number of aromatic nitrogens is 2. The van der Waals surface area contributed by atoms with Gasteiger partial charge in [0.2, 0.25) is 0 Å². The number of hydrogen-bond acceptors (Lipinski definition) is 1. The standard InChI is InChI=1S/C34H27N2S/c1-23-19-32-29(27-18-17-26(20-33(27)37-32)25-13-7-4-8-14-25)21-28(23)34-35(2)30-15-9-10-16-31(30)36(34)22-24-11-5-3-6-12-24/h3-21H,22H2,1-2H3/q+1. The number of nitrogens with zero attached hydrogens (tertiary/aromatic N) is 2. The molecule has 7 rings (SSSR count). The number of rotatable bonds is 4. The van der Waals surface area contributed by atoms with Gasteiger partial charge in [-0.05, 0) is 59.5 Å². The summed E-state index contributed by atoms with van der Waals surface area (Å²) in [5, 5.41) is 2.66. The first-order valence-corrected chi connectivity index (χ1v) is 13.5. The Morgan fingerprint density at radius 3 is 2.19 bits per heavy atom. The lowest BCUT2D eigenvalue weighted by Gasteiger charge is -2.08. The molecule has 2 nitrogen and oxygen atoms in total. The zero-order chi connectivity index (χ0) is 24.9. The molecular formula is C34H27N2S+. The van der Waals surface area contributed by atoms with Crippen LogP contribution in [0.1, 0.15) is 11.1 Å². The van der Waals surface area contributed by atoms with Gasteiger partial charge in [-0.15, -0.1) is 11.3 Å². The molecule has 2 heterocycles. The van der Waals surface area contributed by atoms with Crippen LogP contribution in [0.5, 0.6) is 0 Å². The van der Waals surface area contributed by atoms with Crippen LogP contribution in [0.15, 0.2) is 115 Å². The number of thiophene rings is 1. The molecule has 5 aromatic carbocycles. The number of para-hydroxylation sites is 2. The fourth-order valence-corrected chi connectivity index (χ4v) is 6.84. The third-order valence-corrected chi connectivity index (χ3v) is 8.57. The highest BCUT2D eigenvalue weighted by atomic mass is 32.1. The highest BCUT2D eigenvalue weighted by Crippen LogP contribution is 2.40. The topological polar surface area (TPSA) is 8.81 Å². The monoisotopic (exact) mass is 495 g/mol. The van der Waals surface area contributed by atoms with Gasteiger partial charge in [0.25, 0.3) is 5.82 Å². The molecule has 7 aromatic rings. The fraction of sp³-hybridized carbons (Fsp3) is 0.0882. The van der Waals surface area contributed by atoms with Crippen molar-refractivity contribution >= 4 is 42.5 Å². The number of fused-ring (bicyclic) bond motifs is 4. The van der Waals surface area contributed by atoms with E-state index in [4.69, 9.17) is 0 Å². The Hall–Kier alpha value is -4.21. The first-order chi connectivity index (χ1) is 18.2. The van der Waals surface area contributed by atoms with Gasteiger partial charge in [-0.2, -0.15) is 0 Å². The van der Waals surface area contributed by atoms with Crippen LogP contribution in [-0.4, -0.2) is 4.57 Å². The summed E-state index contributed by atoms with van der Waals surface area (Å²) in [6.07, 6.45) is 0. The smallest absolute Gasteiger partial charge is 0.226 e. The summed E-state index contributed by atoms with van der Waals surface area (Å²) in [6, 6.07) is 41.8.